The predicted octanol–water partition coefficient (Wildman–Crippen LogP) is 7.16. The standard InChI is InChI=1S/C35H37BrClN3O4S/c1-3-4-20-38-35(42)33(23-27-11-6-5-7-12-27)39(24-28-13-9-14-29(36)22-28)34(41)25-40(31-15-8-10-26(2)21-31)45(43,44)32-18-16-30(37)17-19-32/h5-19,21-22,33H,3-4,20,23-25H2,1-2H3,(H,38,42)/t33-/m1/s1. The first-order chi connectivity index (χ1) is 21.6. The van der Waals surface area contributed by atoms with Gasteiger partial charge in [0.25, 0.3) is 10.0 Å². The van der Waals surface area contributed by atoms with Gasteiger partial charge in [0, 0.05) is 29.0 Å². The van der Waals surface area contributed by atoms with Crippen LogP contribution in [0.2, 0.25) is 5.02 Å². The van der Waals surface area contributed by atoms with Crippen LogP contribution in [0.15, 0.2) is 112 Å². The molecule has 0 heterocycles. The maximum absolute atomic E-state index is 14.5. The van der Waals surface area contributed by atoms with Crippen molar-refractivity contribution < 1.29 is 18.0 Å². The number of carbonyl (C=O) groups is 2. The van der Waals surface area contributed by atoms with Gasteiger partial charge in [-0.05, 0) is 78.6 Å². The summed E-state index contributed by atoms with van der Waals surface area (Å²) < 4.78 is 30.2. The van der Waals surface area contributed by atoms with E-state index in [-0.39, 0.29) is 23.8 Å². The van der Waals surface area contributed by atoms with Gasteiger partial charge in [-0.3, -0.25) is 13.9 Å². The second-order valence-electron chi connectivity index (χ2n) is 10.8. The van der Waals surface area contributed by atoms with E-state index < -0.39 is 28.5 Å². The van der Waals surface area contributed by atoms with Gasteiger partial charge in [-0.2, -0.15) is 0 Å². The maximum atomic E-state index is 14.5. The summed E-state index contributed by atoms with van der Waals surface area (Å²) in [6.07, 6.45) is 1.95. The molecule has 236 valence electrons. The largest absolute Gasteiger partial charge is 0.354 e. The summed E-state index contributed by atoms with van der Waals surface area (Å²) in [7, 11) is -4.20. The van der Waals surface area contributed by atoms with Crippen LogP contribution >= 0.6 is 27.5 Å². The number of benzene rings is 4. The summed E-state index contributed by atoms with van der Waals surface area (Å²) >= 11 is 9.57. The van der Waals surface area contributed by atoms with Crippen LogP contribution in [-0.4, -0.2) is 44.3 Å². The minimum atomic E-state index is -4.20. The zero-order chi connectivity index (χ0) is 32.4. The number of rotatable bonds is 14. The second-order valence-corrected chi connectivity index (χ2v) is 14.0. The SMILES string of the molecule is CCCCNC(=O)[C@@H](Cc1ccccc1)N(Cc1cccc(Br)c1)C(=O)CN(c1cccc(C)c1)S(=O)(=O)c1ccc(Cl)cc1. The molecule has 0 saturated heterocycles. The summed E-state index contributed by atoms with van der Waals surface area (Å²) in [5.41, 5.74) is 2.84. The lowest BCUT2D eigenvalue weighted by atomic mass is 10.0. The fraction of sp³-hybridized carbons (Fsp3) is 0.257. The summed E-state index contributed by atoms with van der Waals surface area (Å²) in [5, 5.41) is 3.40. The molecule has 0 aliphatic rings. The molecule has 0 unspecified atom stereocenters. The molecule has 0 aliphatic heterocycles. The zero-order valence-electron chi connectivity index (χ0n) is 25.3. The van der Waals surface area contributed by atoms with Crippen molar-refractivity contribution in [3.8, 4) is 0 Å². The van der Waals surface area contributed by atoms with Gasteiger partial charge in [-0.15, -0.1) is 0 Å². The minimum absolute atomic E-state index is 0.00195. The number of sulfonamides is 1. The van der Waals surface area contributed by atoms with Gasteiger partial charge >= 0.3 is 0 Å². The van der Waals surface area contributed by atoms with E-state index in [1.165, 1.54) is 29.2 Å². The van der Waals surface area contributed by atoms with Crippen LogP contribution in [0.5, 0.6) is 0 Å². The lowest BCUT2D eigenvalue weighted by Crippen LogP contribution is -2.53. The predicted molar refractivity (Wildman–Crippen MR) is 184 cm³/mol. The second kappa shape index (κ2) is 16.1. The minimum Gasteiger partial charge on any atom is -0.354 e. The highest BCUT2D eigenvalue weighted by molar-refractivity contribution is 9.10. The highest BCUT2D eigenvalue weighted by atomic mass is 79.9. The third-order valence-electron chi connectivity index (χ3n) is 7.31. The van der Waals surface area contributed by atoms with Crippen molar-refractivity contribution in [3.05, 3.63) is 129 Å². The van der Waals surface area contributed by atoms with Crippen molar-refractivity contribution in [2.45, 2.75) is 50.6 Å². The van der Waals surface area contributed by atoms with Crippen LogP contribution in [-0.2, 0) is 32.6 Å². The lowest BCUT2D eigenvalue weighted by molar-refractivity contribution is -0.140. The van der Waals surface area contributed by atoms with Gasteiger partial charge in [0.2, 0.25) is 11.8 Å². The Morgan fingerprint density at radius 1 is 0.889 bits per heavy atom. The third-order valence-corrected chi connectivity index (χ3v) is 9.85. The molecule has 7 nitrogen and oxygen atoms in total. The Kier molecular flexibility index (Phi) is 12.2. The number of hydrogen-bond donors (Lipinski definition) is 1. The normalized spacial score (nSPS) is 11.9. The smallest absolute Gasteiger partial charge is 0.264 e. The van der Waals surface area contributed by atoms with Gasteiger partial charge < -0.3 is 10.2 Å². The number of unbranched alkanes of at least 4 members (excludes halogenated alkanes) is 1. The van der Waals surface area contributed by atoms with Crippen LogP contribution in [0.1, 0.15) is 36.5 Å². The molecule has 0 spiro atoms. The van der Waals surface area contributed by atoms with Crippen LogP contribution in [0.25, 0.3) is 0 Å². The van der Waals surface area contributed by atoms with Gasteiger partial charge in [0.1, 0.15) is 12.6 Å². The van der Waals surface area contributed by atoms with Gasteiger partial charge in [-0.1, -0.05) is 95.5 Å². The molecule has 0 aliphatic carbocycles. The molecule has 2 amide bonds. The zero-order valence-corrected chi connectivity index (χ0v) is 28.5. The van der Waals surface area contributed by atoms with E-state index in [1.54, 1.807) is 18.2 Å². The van der Waals surface area contributed by atoms with Crippen molar-refractivity contribution in [3.63, 3.8) is 0 Å². The van der Waals surface area contributed by atoms with E-state index in [0.717, 1.165) is 38.3 Å². The van der Waals surface area contributed by atoms with Crippen molar-refractivity contribution in [1.29, 1.82) is 0 Å². The summed E-state index contributed by atoms with van der Waals surface area (Å²) in [6, 6.07) is 28.9. The molecule has 10 heteroatoms. The van der Waals surface area contributed by atoms with Gasteiger partial charge in [0.05, 0.1) is 10.6 Å². The molecule has 1 atom stereocenters. The number of amides is 2. The molecule has 4 aromatic rings. The van der Waals surface area contributed by atoms with E-state index in [4.69, 9.17) is 11.6 Å². The molecule has 4 rings (SSSR count). The number of nitrogens with one attached hydrogen (secondary N) is 1. The Morgan fingerprint density at radius 2 is 1.58 bits per heavy atom. The van der Waals surface area contributed by atoms with Gasteiger partial charge in [0.15, 0.2) is 0 Å². The first kappa shape index (κ1) is 34.2. The first-order valence-corrected chi connectivity index (χ1v) is 17.4. The molecule has 4 aromatic carbocycles. The van der Waals surface area contributed by atoms with Crippen LogP contribution in [0.3, 0.4) is 0 Å². The Balaban J connectivity index is 1.79. The Morgan fingerprint density at radius 3 is 2.24 bits per heavy atom. The number of anilines is 1. The maximum Gasteiger partial charge on any atom is 0.264 e. The molecule has 0 saturated carbocycles. The fourth-order valence-electron chi connectivity index (χ4n) is 4.94. The molecular formula is C35H37BrClN3O4S. The van der Waals surface area contributed by atoms with Crippen molar-refractivity contribution in [2.24, 2.45) is 0 Å². The highest BCUT2D eigenvalue weighted by Crippen LogP contribution is 2.27. The van der Waals surface area contributed by atoms with Crippen molar-refractivity contribution in [2.75, 3.05) is 17.4 Å². The van der Waals surface area contributed by atoms with Crippen molar-refractivity contribution in [1.82, 2.24) is 10.2 Å². The number of halogens is 2. The molecular weight excluding hydrogens is 674 g/mol. The Bertz CT molecular complexity index is 1700. The highest BCUT2D eigenvalue weighted by Gasteiger charge is 2.34. The van der Waals surface area contributed by atoms with E-state index in [1.807, 2.05) is 74.5 Å². The van der Waals surface area contributed by atoms with E-state index in [0.29, 0.717) is 17.3 Å². The molecule has 45 heavy (non-hydrogen) atoms. The third kappa shape index (κ3) is 9.42. The van der Waals surface area contributed by atoms with E-state index >= 15 is 0 Å². The van der Waals surface area contributed by atoms with E-state index in [9.17, 15) is 18.0 Å². The monoisotopic (exact) mass is 709 g/mol. The fourth-order valence-corrected chi connectivity index (χ4v) is 6.92. The Labute approximate surface area is 279 Å². The molecule has 0 aromatic heterocycles. The average Bonchev–Trinajstić information content (AvgIpc) is 3.02. The first-order valence-electron chi connectivity index (χ1n) is 14.8. The number of hydrogen-bond acceptors (Lipinski definition) is 4. The van der Waals surface area contributed by atoms with Crippen LogP contribution < -0.4 is 9.62 Å². The summed E-state index contributed by atoms with van der Waals surface area (Å²) in [6.45, 7) is 3.95. The number of carbonyl (C=O) groups excluding carboxylic acids is 2. The number of nitrogens with zero attached hydrogens (tertiary/aromatic N) is 2. The summed E-state index contributed by atoms with van der Waals surface area (Å²) in [4.78, 5) is 29.8. The van der Waals surface area contributed by atoms with Crippen LogP contribution in [0.4, 0.5) is 5.69 Å². The average molecular weight is 711 g/mol. The van der Waals surface area contributed by atoms with Crippen LogP contribution in [0, 0.1) is 6.92 Å². The quantitative estimate of drug-likeness (QED) is 0.141. The Hall–Kier alpha value is -3.66. The topological polar surface area (TPSA) is 86.8 Å². The molecule has 1 N–H and O–H groups in total. The summed E-state index contributed by atoms with van der Waals surface area (Å²) in [5.74, 6) is -0.807. The lowest BCUT2D eigenvalue weighted by Gasteiger charge is -2.34. The van der Waals surface area contributed by atoms with Gasteiger partial charge in [-0.25, -0.2) is 8.42 Å². The number of aryl methyl sites for hydroxylation is 1. The molecule has 0 fully saturated rings. The molecule has 0 radical (unpaired) electrons. The van der Waals surface area contributed by atoms with E-state index in [2.05, 4.69) is 21.2 Å². The van der Waals surface area contributed by atoms with Crippen molar-refractivity contribution >= 4 is 55.1 Å². The molecule has 0 bridgehead atoms.